The van der Waals surface area contributed by atoms with Crippen molar-refractivity contribution in [2.24, 2.45) is 11.8 Å². The second-order valence-corrected chi connectivity index (χ2v) is 8.44. The Labute approximate surface area is 171 Å². The maximum Gasteiger partial charge on any atom is 0.194 e. The van der Waals surface area contributed by atoms with E-state index >= 15 is 0 Å². The summed E-state index contributed by atoms with van der Waals surface area (Å²) >= 11 is 0. The summed E-state index contributed by atoms with van der Waals surface area (Å²) in [5.41, 5.74) is 1.04. The third-order valence-corrected chi connectivity index (χ3v) is 6.52. The predicted molar refractivity (Wildman–Crippen MR) is 110 cm³/mol. The zero-order valence-corrected chi connectivity index (χ0v) is 17.3. The molecule has 0 aromatic heterocycles. The van der Waals surface area contributed by atoms with Crippen LogP contribution in [0.2, 0.25) is 0 Å². The van der Waals surface area contributed by atoms with Crippen LogP contribution in [-0.2, 0) is 0 Å². The minimum absolute atomic E-state index is 0.0103. The molecule has 0 nitrogen and oxygen atoms in total. The van der Waals surface area contributed by atoms with Gasteiger partial charge >= 0.3 is 0 Å². The Balaban J connectivity index is 1.71. The summed E-state index contributed by atoms with van der Waals surface area (Å²) in [5.74, 6) is -2.79. The molecule has 4 heteroatoms. The van der Waals surface area contributed by atoms with Gasteiger partial charge < -0.3 is 0 Å². The fourth-order valence-electron chi connectivity index (χ4n) is 5.01. The first-order chi connectivity index (χ1) is 13.9. The molecule has 29 heavy (non-hydrogen) atoms. The third-order valence-electron chi connectivity index (χ3n) is 6.52. The van der Waals surface area contributed by atoms with Gasteiger partial charge in [-0.1, -0.05) is 51.7 Å². The van der Waals surface area contributed by atoms with E-state index in [4.69, 9.17) is 0 Å². The van der Waals surface area contributed by atoms with Crippen LogP contribution in [0, 0.1) is 35.1 Å². The maximum absolute atomic E-state index is 14.7. The van der Waals surface area contributed by atoms with Crippen LogP contribution < -0.4 is 0 Å². The first kappa shape index (κ1) is 21.9. The first-order valence-electron chi connectivity index (χ1n) is 10.9. The van der Waals surface area contributed by atoms with Crippen molar-refractivity contribution < 1.29 is 17.6 Å². The molecule has 0 heterocycles. The highest BCUT2D eigenvalue weighted by Crippen LogP contribution is 2.42. The molecule has 2 aromatic carbocycles. The van der Waals surface area contributed by atoms with E-state index in [0.717, 1.165) is 42.4 Å². The van der Waals surface area contributed by atoms with Crippen LogP contribution in [0.5, 0.6) is 0 Å². The quantitative estimate of drug-likeness (QED) is 0.320. The smallest absolute Gasteiger partial charge is 0.194 e. The molecule has 0 spiro atoms. The van der Waals surface area contributed by atoms with Crippen LogP contribution in [-0.4, -0.2) is 0 Å². The van der Waals surface area contributed by atoms with Gasteiger partial charge in [-0.05, 0) is 72.8 Å². The molecule has 0 unspecified atom stereocenters. The number of benzene rings is 2. The van der Waals surface area contributed by atoms with Crippen LogP contribution in [0.1, 0.15) is 76.7 Å². The molecule has 0 amide bonds. The fourth-order valence-corrected chi connectivity index (χ4v) is 5.01. The van der Waals surface area contributed by atoms with Gasteiger partial charge in [0.25, 0.3) is 0 Å². The average Bonchev–Trinajstić information content (AvgIpc) is 2.71. The Hall–Kier alpha value is -1.84. The molecule has 1 saturated carbocycles. The van der Waals surface area contributed by atoms with Crippen LogP contribution in [0.25, 0.3) is 11.1 Å². The molecule has 1 fully saturated rings. The van der Waals surface area contributed by atoms with Gasteiger partial charge in [0.1, 0.15) is 5.82 Å². The standard InChI is InChI=1S/C25H30F4/c1-3-5-16(6-4-2)17-7-9-18(10-8-17)19-11-12-21(22(26)13-19)20-14-23(27)25(29)24(28)15-20/h11-18H,3-10H2,1-2H3. The van der Waals surface area contributed by atoms with Crippen LogP contribution in [0.15, 0.2) is 30.3 Å². The van der Waals surface area contributed by atoms with Crippen molar-refractivity contribution in [3.8, 4) is 11.1 Å². The van der Waals surface area contributed by atoms with Crippen LogP contribution >= 0.6 is 0 Å². The molecule has 1 aliphatic rings. The normalized spacial score (nSPS) is 19.7. The molecule has 0 bridgehead atoms. The van der Waals surface area contributed by atoms with Crippen LogP contribution in [0.4, 0.5) is 17.6 Å². The third kappa shape index (κ3) is 5.02. The van der Waals surface area contributed by atoms with Crippen molar-refractivity contribution in [2.45, 2.75) is 71.1 Å². The Bertz CT molecular complexity index is 793. The highest BCUT2D eigenvalue weighted by molar-refractivity contribution is 5.65. The summed E-state index contributed by atoms with van der Waals surface area (Å²) in [4.78, 5) is 0. The van der Waals surface area contributed by atoms with E-state index in [1.165, 1.54) is 44.6 Å². The fraction of sp³-hybridized carbons (Fsp3) is 0.520. The Kier molecular flexibility index (Phi) is 7.37. The highest BCUT2D eigenvalue weighted by atomic mass is 19.2. The summed E-state index contributed by atoms with van der Waals surface area (Å²) in [7, 11) is 0. The number of hydrogen-bond acceptors (Lipinski definition) is 0. The maximum atomic E-state index is 14.7. The lowest BCUT2D eigenvalue weighted by Crippen LogP contribution is -2.21. The van der Waals surface area contributed by atoms with Crippen molar-refractivity contribution in [1.82, 2.24) is 0 Å². The zero-order valence-electron chi connectivity index (χ0n) is 17.3. The topological polar surface area (TPSA) is 0 Å². The monoisotopic (exact) mass is 406 g/mol. The minimum Gasteiger partial charge on any atom is -0.206 e. The van der Waals surface area contributed by atoms with Gasteiger partial charge in [0.05, 0.1) is 0 Å². The van der Waals surface area contributed by atoms with E-state index in [0.29, 0.717) is 5.92 Å². The molecule has 0 aliphatic heterocycles. The lowest BCUT2D eigenvalue weighted by Gasteiger charge is -2.34. The summed E-state index contributed by atoms with van der Waals surface area (Å²) in [6.07, 6.45) is 9.47. The second-order valence-electron chi connectivity index (χ2n) is 8.44. The lowest BCUT2D eigenvalue weighted by atomic mass is 9.71. The van der Waals surface area contributed by atoms with Crippen molar-refractivity contribution >= 4 is 0 Å². The van der Waals surface area contributed by atoms with Gasteiger partial charge in [-0.25, -0.2) is 17.6 Å². The van der Waals surface area contributed by atoms with Gasteiger partial charge in [-0.15, -0.1) is 0 Å². The van der Waals surface area contributed by atoms with E-state index in [1.807, 2.05) is 6.07 Å². The number of halogens is 4. The van der Waals surface area contributed by atoms with E-state index < -0.39 is 23.3 Å². The molecule has 0 saturated heterocycles. The lowest BCUT2D eigenvalue weighted by molar-refractivity contribution is 0.208. The number of rotatable bonds is 7. The summed E-state index contributed by atoms with van der Waals surface area (Å²) < 4.78 is 54.9. The summed E-state index contributed by atoms with van der Waals surface area (Å²) in [6, 6.07) is 6.56. The van der Waals surface area contributed by atoms with Crippen molar-refractivity contribution in [1.29, 1.82) is 0 Å². The average molecular weight is 407 g/mol. The van der Waals surface area contributed by atoms with Crippen molar-refractivity contribution in [3.63, 3.8) is 0 Å². The SMILES string of the molecule is CCCC(CCC)C1CCC(c2ccc(-c3cc(F)c(F)c(F)c3)c(F)c2)CC1. The van der Waals surface area contributed by atoms with Gasteiger partial charge in [-0.3, -0.25) is 0 Å². The highest BCUT2D eigenvalue weighted by Gasteiger charge is 2.28. The molecular formula is C25H30F4. The Morgan fingerprint density at radius 1 is 0.793 bits per heavy atom. The molecule has 0 atom stereocenters. The molecule has 3 rings (SSSR count). The molecule has 2 aromatic rings. The van der Waals surface area contributed by atoms with Gasteiger partial charge in [-0.2, -0.15) is 0 Å². The summed E-state index contributed by atoms with van der Waals surface area (Å²) in [6.45, 7) is 4.49. The van der Waals surface area contributed by atoms with Crippen molar-refractivity contribution in [3.05, 3.63) is 59.2 Å². The van der Waals surface area contributed by atoms with E-state index in [9.17, 15) is 17.6 Å². The predicted octanol–water partition coefficient (Wildman–Crippen LogP) is 8.40. The van der Waals surface area contributed by atoms with Gasteiger partial charge in [0.15, 0.2) is 17.5 Å². The van der Waals surface area contributed by atoms with E-state index in [-0.39, 0.29) is 11.1 Å². The van der Waals surface area contributed by atoms with Crippen molar-refractivity contribution in [2.75, 3.05) is 0 Å². The van der Waals surface area contributed by atoms with E-state index in [1.54, 1.807) is 6.07 Å². The Morgan fingerprint density at radius 3 is 1.90 bits per heavy atom. The minimum atomic E-state index is -1.54. The molecule has 1 aliphatic carbocycles. The van der Waals surface area contributed by atoms with E-state index in [2.05, 4.69) is 13.8 Å². The summed E-state index contributed by atoms with van der Waals surface area (Å²) in [5, 5.41) is 0. The second kappa shape index (κ2) is 9.77. The molecule has 158 valence electrons. The Morgan fingerprint density at radius 2 is 1.38 bits per heavy atom. The van der Waals surface area contributed by atoms with Gasteiger partial charge in [0, 0.05) is 5.56 Å². The zero-order chi connectivity index (χ0) is 21.0. The van der Waals surface area contributed by atoms with Crippen LogP contribution in [0.3, 0.4) is 0 Å². The molecular weight excluding hydrogens is 376 g/mol. The molecule has 0 radical (unpaired) electrons. The van der Waals surface area contributed by atoms with Gasteiger partial charge in [0.2, 0.25) is 0 Å². The number of hydrogen-bond donors (Lipinski definition) is 0. The molecule has 0 N–H and O–H groups in total. The largest absolute Gasteiger partial charge is 0.206 e. The first-order valence-corrected chi connectivity index (χ1v) is 10.9.